The number of aromatic nitrogens is 2. The molecule has 1 aromatic heterocycles. The van der Waals surface area contributed by atoms with Crippen LogP contribution in [0.25, 0.3) is 0 Å². The number of carbonyl (C=O) groups is 1. The zero-order chi connectivity index (χ0) is 18.6. The second kappa shape index (κ2) is 6.41. The number of H-pyrrole nitrogens is 1. The molecule has 7 heteroatoms. The van der Waals surface area contributed by atoms with E-state index in [1.807, 2.05) is 0 Å². The SMILES string of the molecule is NCC1CN(C(=O)c2cnc(C34CC5CC(CC(C5)C3)C4)[nH]c2=O)CCO1. The third kappa shape index (κ3) is 2.91. The minimum Gasteiger partial charge on any atom is -0.373 e. The van der Waals surface area contributed by atoms with Crippen LogP contribution in [0, 0.1) is 17.8 Å². The molecule has 146 valence electrons. The Kier molecular flexibility index (Phi) is 4.13. The molecule has 5 aliphatic rings. The Balaban J connectivity index is 1.40. The summed E-state index contributed by atoms with van der Waals surface area (Å²) in [4.78, 5) is 34.9. The molecule has 0 spiro atoms. The highest BCUT2D eigenvalue weighted by molar-refractivity contribution is 5.93. The van der Waals surface area contributed by atoms with Gasteiger partial charge in [-0.05, 0) is 56.3 Å². The number of nitrogens with one attached hydrogen (secondary N) is 1. The molecule has 1 aliphatic heterocycles. The standard InChI is InChI=1S/C20H28N4O3/c21-9-15-11-24(1-2-27-15)18(26)16-10-22-19(23-17(16)25)20-6-12-3-13(7-20)5-14(4-12)8-20/h10,12-15H,1-9,11,21H2,(H,22,23,25). The number of ether oxygens (including phenoxy) is 1. The molecule has 0 aromatic carbocycles. The summed E-state index contributed by atoms with van der Waals surface area (Å²) in [6.45, 7) is 1.71. The van der Waals surface area contributed by atoms with Gasteiger partial charge in [-0.1, -0.05) is 0 Å². The molecule has 1 saturated heterocycles. The number of amides is 1. The Morgan fingerprint density at radius 2 is 1.93 bits per heavy atom. The van der Waals surface area contributed by atoms with Crippen molar-refractivity contribution in [3.05, 3.63) is 27.9 Å². The van der Waals surface area contributed by atoms with Crippen molar-refractivity contribution < 1.29 is 9.53 Å². The second-order valence-electron chi connectivity index (χ2n) is 9.15. The summed E-state index contributed by atoms with van der Waals surface area (Å²) < 4.78 is 5.51. The van der Waals surface area contributed by atoms with Gasteiger partial charge in [0.05, 0.1) is 12.7 Å². The van der Waals surface area contributed by atoms with Crippen LogP contribution >= 0.6 is 0 Å². The quantitative estimate of drug-likeness (QED) is 0.825. The van der Waals surface area contributed by atoms with Crippen LogP contribution < -0.4 is 11.3 Å². The molecule has 1 unspecified atom stereocenters. The molecule has 1 aromatic rings. The van der Waals surface area contributed by atoms with Crippen LogP contribution in [-0.2, 0) is 10.2 Å². The van der Waals surface area contributed by atoms with E-state index in [9.17, 15) is 9.59 Å². The highest BCUT2D eigenvalue weighted by atomic mass is 16.5. The van der Waals surface area contributed by atoms with Gasteiger partial charge in [-0.2, -0.15) is 0 Å². The Bertz CT molecular complexity index is 769. The fraction of sp³-hybridized carbons (Fsp3) is 0.750. The maximum atomic E-state index is 12.8. The van der Waals surface area contributed by atoms with E-state index >= 15 is 0 Å². The van der Waals surface area contributed by atoms with E-state index in [1.165, 1.54) is 25.5 Å². The van der Waals surface area contributed by atoms with Crippen molar-refractivity contribution >= 4 is 5.91 Å². The van der Waals surface area contributed by atoms with Crippen molar-refractivity contribution in [3.8, 4) is 0 Å². The van der Waals surface area contributed by atoms with Gasteiger partial charge in [-0.25, -0.2) is 4.98 Å². The lowest BCUT2D eigenvalue weighted by atomic mass is 9.49. The molecule has 5 fully saturated rings. The van der Waals surface area contributed by atoms with Crippen molar-refractivity contribution in [2.45, 2.75) is 50.0 Å². The number of nitrogens with zero attached hydrogens (tertiary/aromatic N) is 2. The normalized spacial score (nSPS) is 37.6. The molecular formula is C20H28N4O3. The topological polar surface area (TPSA) is 101 Å². The fourth-order valence-electron chi connectivity index (χ4n) is 6.43. The van der Waals surface area contributed by atoms with Gasteiger partial charge in [-0.15, -0.1) is 0 Å². The second-order valence-corrected chi connectivity index (χ2v) is 9.15. The number of hydrogen-bond acceptors (Lipinski definition) is 5. The van der Waals surface area contributed by atoms with Gasteiger partial charge < -0.3 is 20.4 Å². The minimum atomic E-state index is -0.309. The summed E-state index contributed by atoms with van der Waals surface area (Å²) in [6, 6.07) is 0. The molecule has 3 N–H and O–H groups in total. The van der Waals surface area contributed by atoms with Gasteiger partial charge in [0.2, 0.25) is 0 Å². The van der Waals surface area contributed by atoms with Crippen molar-refractivity contribution in [1.29, 1.82) is 0 Å². The number of aromatic amines is 1. The number of nitrogens with two attached hydrogens (primary N) is 1. The number of morpholine rings is 1. The number of hydrogen-bond donors (Lipinski definition) is 2. The molecule has 7 nitrogen and oxygen atoms in total. The zero-order valence-corrected chi connectivity index (χ0v) is 15.7. The van der Waals surface area contributed by atoms with Crippen molar-refractivity contribution in [2.24, 2.45) is 23.5 Å². The average Bonchev–Trinajstić information content (AvgIpc) is 2.66. The first-order valence-corrected chi connectivity index (χ1v) is 10.3. The van der Waals surface area contributed by atoms with Crippen molar-refractivity contribution in [2.75, 3.05) is 26.2 Å². The van der Waals surface area contributed by atoms with Crippen LogP contribution in [0.1, 0.15) is 54.7 Å². The number of carbonyl (C=O) groups excluding carboxylic acids is 1. The van der Waals surface area contributed by atoms with Crippen LogP contribution in [0.3, 0.4) is 0 Å². The average molecular weight is 372 g/mol. The molecule has 1 amide bonds. The van der Waals surface area contributed by atoms with E-state index in [0.717, 1.165) is 42.8 Å². The molecule has 2 heterocycles. The first kappa shape index (κ1) is 17.4. The zero-order valence-electron chi connectivity index (χ0n) is 15.7. The molecular weight excluding hydrogens is 344 g/mol. The summed E-state index contributed by atoms with van der Waals surface area (Å²) in [5, 5.41) is 0. The van der Waals surface area contributed by atoms with Gasteiger partial charge in [0, 0.05) is 31.2 Å². The third-order valence-corrected chi connectivity index (χ3v) is 7.26. The van der Waals surface area contributed by atoms with Gasteiger partial charge >= 0.3 is 0 Å². The predicted molar refractivity (Wildman–Crippen MR) is 99.4 cm³/mol. The van der Waals surface area contributed by atoms with E-state index < -0.39 is 0 Å². The highest BCUT2D eigenvalue weighted by Crippen LogP contribution is 2.59. The van der Waals surface area contributed by atoms with E-state index in [-0.39, 0.29) is 28.5 Å². The first-order valence-electron chi connectivity index (χ1n) is 10.3. The molecule has 4 bridgehead atoms. The van der Waals surface area contributed by atoms with Gasteiger partial charge in [-0.3, -0.25) is 9.59 Å². The maximum absolute atomic E-state index is 12.8. The lowest BCUT2D eigenvalue weighted by Crippen LogP contribution is -2.51. The van der Waals surface area contributed by atoms with E-state index in [0.29, 0.717) is 26.2 Å². The summed E-state index contributed by atoms with van der Waals surface area (Å²) in [5.41, 5.74) is 5.50. The lowest BCUT2D eigenvalue weighted by Gasteiger charge is -2.56. The molecule has 6 rings (SSSR count). The summed E-state index contributed by atoms with van der Waals surface area (Å²) in [7, 11) is 0. The van der Waals surface area contributed by atoms with Crippen LogP contribution in [0.5, 0.6) is 0 Å². The van der Waals surface area contributed by atoms with Crippen molar-refractivity contribution in [3.63, 3.8) is 0 Å². The molecule has 1 atom stereocenters. The first-order chi connectivity index (χ1) is 13.1. The van der Waals surface area contributed by atoms with E-state index in [1.54, 1.807) is 4.90 Å². The smallest absolute Gasteiger partial charge is 0.263 e. The van der Waals surface area contributed by atoms with Crippen LogP contribution in [-0.4, -0.2) is 53.1 Å². The monoisotopic (exact) mass is 372 g/mol. The van der Waals surface area contributed by atoms with Gasteiger partial charge in [0.25, 0.3) is 11.5 Å². The summed E-state index contributed by atoms with van der Waals surface area (Å²) in [6.07, 6.45) is 8.78. The van der Waals surface area contributed by atoms with Crippen LogP contribution in [0.2, 0.25) is 0 Å². The Morgan fingerprint density at radius 3 is 2.52 bits per heavy atom. The van der Waals surface area contributed by atoms with E-state index in [4.69, 9.17) is 10.5 Å². The Labute approximate surface area is 158 Å². The van der Waals surface area contributed by atoms with Crippen LogP contribution in [0.15, 0.2) is 11.0 Å². The molecule has 27 heavy (non-hydrogen) atoms. The molecule has 0 radical (unpaired) electrons. The predicted octanol–water partition coefficient (Wildman–Crippen LogP) is 1.04. The highest BCUT2D eigenvalue weighted by Gasteiger charge is 2.53. The Hall–Kier alpha value is -1.73. The fourth-order valence-corrected chi connectivity index (χ4v) is 6.43. The number of rotatable bonds is 3. The largest absolute Gasteiger partial charge is 0.373 e. The van der Waals surface area contributed by atoms with Crippen molar-refractivity contribution in [1.82, 2.24) is 14.9 Å². The summed E-state index contributed by atoms with van der Waals surface area (Å²) >= 11 is 0. The lowest BCUT2D eigenvalue weighted by molar-refractivity contribution is -0.0169. The molecule has 4 saturated carbocycles. The minimum absolute atomic E-state index is 0.0269. The van der Waals surface area contributed by atoms with Gasteiger partial charge in [0.15, 0.2) is 0 Å². The molecule has 4 aliphatic carbocycles. The van der Waals surface area contributed by atoms with E-state index in [2.05, 4.69) is 9.97 Å². The van der Waals surface area contributed by atoms with Gasteiger partial charge in [0.1, 0.15) is 11.4 Å². The third-order valence-electron chi connectivity index (χ3n) is 7.26. The Morgan fingerprint density at radius 1 is 1.26 bits per heavy atom. The summed E-state index contributed by atoms with van der Waals surface area (Å²) in [5.74, 6) is 2.88. The maximum Gasteiger partial charge on any atom is 0.263 e. The van der Waals surface area contributed by atoms with Crippen LogP contribution in [0.4, 0.5) is 0 Å².